The van der Waals surface area contributed by atoms with E-state index in [1.54, 1.807) is 0 Å². The molecular formula is C6H11O2Zn-. The second kappa shape index (κ2) is 15.7. The maximum absolute atomic E-state index is 9.25. The van der Waals surface area contributed by atoms with E-state index in [0.29, 0.717) is 0 Å². The van der Waals surface area contributed by atoms with Crippen LogP contribution in [0.5, 0.6) is 0 Å². The minimum Gasteiger partial charge on any atom is -0.478 e. The summed E-state index contributed by atoms with van der Waals surface area (Å²) < 4.78 is 0. The van der Waals surface area contributed by atoms with Crippen molar-refractivity contribution >= 4 is 5.97 Å². The molecule has 3 heteroatoms. The fourth-order valence-electron chi connectivity index (χ4n) is 0. The monoisotopic (exact) mass is 179 g/mol. The van der Waals surface area contributed by atoms with Crippen LogP contribution < -0.4 is 0 Å². The zero-order valence-electron chi connectivity index (χ0n) is 5.76. The predicted octanol–water partition coefficient (Wildman–Crippen LogP) is 1.48. The van der Waals surface area contributed by atoms with Gasteiger partial charge in [-0.15, -0.1) is 0 Å². The van der Waals surface area contributed by atoms with Gasteiger partial charge < -0.3 is 12.0 Å². The quantitative estimate of drug-likeness (QED) is 0.377. The summed E-state index contributed by atoms with van der Waals surface area (Å²) in [5.74, 6) is -0.981. The molecule has 1 N–H and O–H groups in total. The number of hydrogen-bond acceptors (Lipinski definition) is 1. The van der Waals surface area contributed by atoms with Crippen LogP contribution in [0.15, 0.2) is 12.7 Å². The van der Waals surface area contributed by atoms with E-state index in [2.05, 4.69) is 13.5 Å². The van der Waals surface area contributed by atoms with Crippen molar-refractivity contribution in [1.82, 2.24) is 0 Å². The van der Waals surface area contributed by atoms with Gasteiger partial charge in [-0.3, -0.25) is 0 Å². The molecule has 0 fully saturated rings. The molecule has 0 saturated carbocycles. The summed E-state index contributed by atoms with van der Waals surface area (Å²) in [6.07, 6.45) is 1.83. The minimum absolute atomic E-state index is 0. The van der Waals surface area contributed by atoms with Crippen molar-refractivity contribution in [3.05, 3.63) is 19.6 Å². The third-order valence-corrected chi connectivity index (χ3v) is 0.175. The van der Waals surface area contributed by atoms with Crippen LogP contribution in [0.3, 0.4) is 0 Å². The summed E-state index contributed by atoms with van der Waals surface area (Å²) in [5.41, 5.74) is 0. The molecule has 0 unspecified atom stereocenters. The normalized spacial score (nSPS) is 5.56. The van der Waals surface area contributed by atoms with Gasteiger partial charge in [-0.1, -0.05) is 13.5 Å². The van der Waals surface area contributed by atoms with Gasteiger partial charge in [0.15, 0.2) is 0 Å². The van der Waals surface area contributed by atoms with E-state index < -0.39 is 5.97 Å². The summed E-state index contributed by atoms with van der Waals surface area (Å²) in [4.78, 5) is 9.25. The zero-order valence-corrected chi connectivity index (χ0v) is 8.73. The molecule has 2 nitrogen and oxygen atoms in total. The third-order valence-electron chi connectivity index (χ3n) is 0.175. The average Bonchev–Trinajstić information content (AvgIpc) is 1.69. The first kappa shape index (κ1) is 15.9. The van der Waals surface area contributed by atoms with Gasteiger partial charge in [-0.2, -0.15) is 6.42 Å². The van der Waals surface area contributed by atoms with Crippen LogP contribution in [0.25, 0.3) is 0 Å². The van der Waals surface area contributed by atoms with Crippen molar-refractivity contribution in [2.75, 3.05) is 0 Å². The molecule has 0 aliphatic rings. The second-order valence-electron chi connectivity index (χ2n) is 1.04. The van der Waals surface area contributed by atoms with E-state index >= 15 is 0 Å². The fraction of sp³-hybridized carbons (Fsp3) is 0.333. The Bertz CT molecular complexity index is 71.5. The molecule has 0 rings (SSSR count). The first-order valence-corrected chi connectivity index (χ1v) is 2.33. The number of carboxylic acid groups (broad SMARTS) is 1. The minimum atomic E-state index is -0.981. The molecule has 0 heterocycles. The summed E-state index contributed by atoms with van der Waals surface area (Å²) in [6, 6.07) is 0. The van der Waals surface area contributed by atoms with E-state index in [9.17, 15) is 4.79 Å². The first-order chi connectivity index (χ1) is 3.68. The largest absolute Gasteiger partial charge is 0.478 e. The fourth-order valence-corrected chi connectivity index (χ4v) is 0. The van der Waals surface area contributed by atoms with Crippen LogP contribution in [-0.2, 0) is 24.3 Å². The molecule has 9 heavy (non-hydrogen) atoms. The Morgan fingerprint density at radius 3 is 2.00 bits per heavy atom. The van der Waals surface area contributed by atoms with Crippen LogP contribution in [-0.4, -0.2) is 11.1 Å². The Morgan fingerprint density at radius 2 is 2.00 bits per heavy atom. The smallest absolute Gasteiger partial charge is 0.327 e. The molecule has 0 radical (unpaired) electrons. The van der Waals surface area contributed by atoms with Gasteiger partial charge in [0.1, 0.15) is 0 Å². The molecule has 0 spiro atoms. The van der Waals surface area contributed by atoms with Crippen LogP contribution in [0.2, 0.25) is 0 Å². The van der Waals surface area contributed by atoms with Crippen molar-refractivity contribution in [1.29, 1.82) is 0 Å². The van der Waals surface area contributed by atoms with Crippen molar-refractivity contribution in [3.8, 4) is 0 Å². The number of hydrogen-bond donors (Lipinski definition) is 1. The maximum atomic E-state index is 9.25. The van der Waals surface area contributed by atoms with Gasteiger partial charge in [0, 0.05) is 25.6 Å². The van der Waals surface area contributed by atoms with Crippen molar-refractivity contribution in [2.24, 2.45) is 0 Å². The van der Waals surface area contributed by atoms with Crippen molar-refractivity contribution < 1.29 is 29.4 Å². The van der Waals surface area contributed by atoms with Gasteiger partial charge >= 0.3 is 5.97 Å². The third kappa shape index (κ3) is 79.3. The van der Waals surface area contributed by atoms with Gasteiger partial charge in [0.05, 0.1) is 0 Å². The second-order valence-corrected chi connectivity index (χ2v) is 1.04. The van der Waals surface area contributed by atoms with E-state index in [0.717, 1.165) is 12.5 Å². The average molecular weight is 181 g/mol. The van der Waals surface area contributed by atoms with Gasteiger partial charge in [-0.25, -0.2) is 4.79 Å². The Labute approximate surface area is 68.7 Å². The van der Waals surface area contributed by atoms with E-state index in [1.807, 2.05) is 6.92 Å². The van der Waals surface area contributed by atoms with Crippen LogP contribution in [0, 0.1) is 6.92 Å². The van der Waals surface area contributed by atoms with Crippen molar-refractivity contribution in [3.63, 3.8) is 0 Å². The number of aliphatic carboxylic acids is 1. The Hall–Kier alpha value is -0.167. The topological polar surface area (TPSA) is 37.3 Å². The number of carboxylic acids is 1. The van der Waals surface area contributed by atoms with Gasteiger partial charge in [0.25, 0.3) is 0 Å². The Morgan fingerprint density at radius 1 is 1.89 bits per heavy atom. The molecule has 0 aromatic heterocycles. The zero-order chi connectivity index (χ0) is 6.99. The molecule has 0 bridgehead atoms. The molecule has 0 atom stereocenters. The molecular weight excluding hydrogens is 169 g/mol. The van der Waals surface area contributed by atoms with Gasteiger partial charge in [-0.05, 0) is 0 Å². The van der Waals surface area contributed by atoms with Crippen LogP contribution in [0.1, 0.15) is 13.3 Å². The summed E-state index contributed by atoms with van der Waals surface area (Å²) >= 11 is 0. The van der Waals surface area contributed by atoms with Crippen LogP contribution in [0.4, 0.5) is 0 Å². The molecule has 0 aliphatic heterocycles. The SMILES string of the molecule is C=CC(=O)O.[CH2-]CC.[Zn]. The van der Waals surface area contributed by atoms with E-state index in [1.165, 1.54) is 0 Å². The number of rotatable bonds is 1. The maximum Gasteiger partial charge on any atom is 0.327 e. The Kier molecular flexibility index (Phi) is 27.7. The predicted molar refractivity (Wildman–Crippen MR) is 33.5 cm³/mol. The molecule has 0 aliphatic carbocycles. The summed E-state index contributed by atoms with van der Waals surface area (Å²) in [6.45, 7) is 8.46. The summed E-state index contributed by atoms with van der Waals surface area (Å²) in [5, 5.41) is 7.60. The van der Waals surface area contributed by atoms with E-state index in [-0.39, 0.29) is 19.5 Å². The number of carbonyl (C=O) groups is 1. The van der Waals surface area contributed by atoms with Crippen LogP contribution >= 0.6 is 0 Å². The molecule has 0 aromatic rings. The van der Waals surface area contributed by atoms with Gasteiger partial charge in [0.2, 0.25) is 0 Å². The standard InChI is InChI=1S/C3H4O2.C3H7.Zn/c1-2-3(4)5;1-3-2;/h2H,1H2,(H,4,5);1,3H2,2H3;/q;-1;. The first-order valence-electron chi connectivity index (χ1n) is 2.33. The van der Waals surface area contributed by atoms with Crippen molar-refractivity contribution in [2.45, 2.75) is 13.3 Å². The molecule has 50 valence electrons. The molecule has 0 amide bonds. The Balaban J connectivity index is -0.0000000800. The van der Waals surface area contributed by atoms with E-state index in [4.69, 9.17) is 5.11 Å². The summed E-state index contributed by atoms with van der Waals surface area (Å²) in [7, 11) is 0. The molecule has 0 aromatic carbocycles. The molecule has 0 saturated heterocycles.